The number of hydrogen-bond donors (Lipinski definition) is 2. The highest BCUT2D eigenvalue weighted by Gasteiger charge is 2.10. The molecule has 0 aliphatic rings. The van der Waals surface area contributed by atoms with Crippen LogP contribution in [0.25, 0.3) is 16.9 Å². The lowest BCUT2D eigenvalue weighted by molar-refractivity contribution is 0.144. The molecule has 2 heterocycles. The molecule has 3 aromatic rings. The number of carboxylic acid groups (broad SMARTS) is 1. The highest BCUT2D eigenvalue weighted by Crippen LogP contribution is 2.18. The lowest BCUT2D eigenvalue weighted by Gasteiger charge is -2.05. The average Bonchev–Trinajstić information content (AvgIpc) is 2.95. The first kappa shape index (κ1) is 14.6. The number of hydrogen-bond acceptors (Lipinski definition) is 6. The summed E-state index contributed by atoms with van der Waals surface area (Å²) in [5, 5.41) is 12.8. The van der Waals surface area contributed by atoms with Gasteiger partial charge in [0.15, 0.2) is 5.75 Å². The molecule has 118 valence electrons. The molecule has 9 nitrogen and oxygen atoms in total. The van der Waals surface area contributed by atoms with Gasteiger partial charge in [0, 0.05) is 0 Å². The number of aromatic amines is 1. The molecule has 0 bridgehead atoms. The van der Waals surface area contributed by atoms with Gasteiger partial charge < -0.3 is 14.6 Å². The largest absolute Gasteiger partial charge is 0.511 e. The Kier molecular flexibility index (Phi) is 3.67. The van der Waals surface area contributed by atoms with E-state index in [2.05, 4.69) is 19.8 Å². The van der Waals surface area contributed by atoms with Crippen LogP contribution < -0.4 is 15.0 Å². The zero-order valence-corrected chi connectivity index (χ0v) is 12.0. The van der Waals surface area contributed by atoms with Crippen molar-refractivity contribution in [3.63, 3.8) is 0 Å². The Morgan fingerprint density at radius 2 is 2.22 bits per heavy atom. The molecule has 2 N–H and O–H groups in total. The van der Waals surface area contributed by atoms with Crippen LogP contribution in [-0.4, -0.2) is 37.6 Å². The van der Waals surface area contributed by atoms with Crippen LogP contribution in [0.15, 0.2) is 35.4 Å². The van der Waals surface area contributed by atoms with Crippen LogP contribution in [0, 0.1) is 0 Å². The fourth-order valence-electron chi connectivity index (χ4n) is 2.05. The molecule has 0 spiro atoms. The molecule has 0 unspecified atom stereocenters. The smallest absolute Gasteiger partial charge is 0.494 e. The quantitative estimate of drug-likeness (QED) is 0.701. The van der Waals surface area contributed by atoms with Crippen molar-refractivity contribution in [3.05, 3.63) is 40.9 Å². The highest BCUT2D eigenvalue weighted by atomic mass is 16.7. The van der Waals surface area contributed by atoms with Gasteiger partial charge in [-0.1, -0.05) is 0 Å². The van der Waals surface area contributed by atoms with Crippen molar-refractivity contribution in [2.45, 2.75) is 6.92 Å². The van der Waals surface area contributed by atoms with Crippen LogP contribution >= 0.6 is 0 Å². The highest BCUT2D eigenvalue weighted by molar-refractivity contribution is 5.79. The number of nitrogens with one attached hydrogen (secondary N) is 1. The van der Waals surface area contributed by atoms with Crippen LogP contribution in [0.5, 0.6) is 11.5 Å². The summed E-state index contributed by atoms with van der Waals surface area (Å²) in [6.45, 7) is 2.35. The van der Waals surface area contributed by atoms with Gasteiger partial charge in [0.25, 0.3) is 5.56 Å². The van der Waals surface area contributed by atoms with E-state index in [1.807, 2.05) is 6.92 Å². The molecular weight excluding hydrogens is 304 g/mol. The zero-order valence-electron chi connectivity index (χ0n) is 12.0. The number of nitrogens with zero attached hydrogens (tertiary/aromatic N) is 3. The van der Waals surface area contributed by atoms with Crippen molar-refractivity contribution >= 4 is 17.1 Å². The summed E-state index contributed by atoms with van der Waals surface area (Å²) < 4.78 is 11.0. The number of rotatable bonds is 4. The second-order valence-corrected chi connectivity index (χ2v) is 4.49. The molecule has 0 amide bonds. The second-order valence-electron chi connectivity index (χ2n) is 4.49. The van der Waals surface area contributed by atoms with Crippen molar-refractivity contribution in [1.82, 2.24) is 19.7 Å². The van der Waals surface area contributed by atoms with Gasteiger partial charge in [0.2, 0.25) is 5.95 Å². The molecule has 0 aliphatic carbocycles. The SMILES string of the molecule is CCOc1ccc2nc(-n3cc(OC(=O)O)cn3)[nH]c(=O)c2c1. The normalized spacial score (nSPS) is 10.7. The van der Waals surface area contributed by atoms with Crippen molar-refractivity contribution in [2.24, 2.45) is 0 Å². The van der Waals surface area contributed by atoms with E-state index in [1.165, 1.54) is 17.1 Å². The van der Waals surface area contributed by atoms with Gasteiger partial charge in [0.1, 0.15) is 5.75 Å². The predicted octanol–water partition coefficient (Wildman–Crippen LogP) is 1.56. The van der Waals surface area contributed by atoms with Crippen LogP contribution in [-0.2, 0) is 0 Å². The van der Waals surface area contributed by atoms with E-state index in [9.17, 15) is 9.59 Å². The van der Waals surface area contributed by atoms with E-state index in [4.69, 9.17) is 9.84 Å². The second kappa shape index (κ2) is 5.79. The number of carbonyl (C=O) groups is 1. The number of benzene rings is 1. The summed E-state index contributed by atoms with van der Waals surface area (Å²) in [5.74, 6) is 0.745. The topological polar surface area (TPSA) is 119 Å². The lowest BCUT2D eigenvalue weighted by Crippen LogP contribution is -2.14. The molecule has 0 saturated carbocycles. The van der Waals surface area contributed by atoms with E-state index in [-0.39, 0.29) is 17.3 Å². The Morgan fingerprint density at radius 3 is 2.96 bits per heavy atom. The first-order valence-electron chi connectivity index (χ1n) is 6.69. The first-order chi connectivity index (χ1) is 11.1. The predicted molar refractivity (Wildman–Crippen MR) is 79.3 cm³/mol. The van der Waals surface area contributed by atoms with Gasteiger partial charge in [-0.05, 0) is 25.1 Å². The number of ether oxygens (including phenoxy) is 2. The fraction of sp³-hybridized carbons (Fsp3) is 0.143. The minimum Gasteiger partial charge on any atom is -0.494 e. The molecule has 0 aliphatic heterocycles. The monoisotopic (exact) mass is 316 g/mol. The third-order valence-electron chi connectivity index (χ3n) is 2.96. The molecule has 0 saturated heterocycles. The summed E-state index contributed by atoms with van der Waals surface area (Å²) in [5.41, 5.74) is 0.103. The third kappa shape index (κ3) is 2.98. The van der Waals surface area contributed by atoms with Gasteiger partial charge in [-0.3, -0.25) is 9.78 Å². The maximum absolute atomic E-state index is 12.2. The van der Waals surface area contributed by atoms with E-state index >= 15 is 0 Å². The Labute approximate surface area is 129 Å². The minimum absolute atomic E-state index is 0.0203. The molecule has 3 rings (SSSR count). The third-order valence-corrected chi connectivity index (χ3v) is 2.96. The molecule has 0 radical (unpaired) electrons. The maximum atomic E-state index is 12.2. The van der Waals surface area contributed by atoms with Gasteiger partial charge in [0.05, 0.1) is 29.9 Å². The lowest BCUT2D eigenvalue weighted by atomic mass is 10.2. The first-order valence-corrected chi connectivity index (χ1v) is 6.69. The Hall–Kier alpha value is -3.36. The molecule has 0 fully saturated rings. The number of aromatic nitrogens is 4. The van der Waals surface area contributed by atoms with Crippen LogP contribution in [0.1, 0.15) is 6.92 Å². The molecule has 0 atom stereocenters. The Balaban J connectivity index is 2.02. The van der Waals surface area contributed by atoms with E-state index in [0.29, 0.717) is 23.3 Å². The van der Waals surface area contributed by atoms with Crippen molar-refractivity contribution < 1.29 is 19.4 Å². The molecule has 1 aromatic carbocycles. The van der Waals surface area contributed by atoms with E-state index in [1.54, 1.807) is 18.2 Å². The molecular formula is C14H12N4O5. The standard InChI is InChI=1S/C14H12N4O5/c1-2-22-8-3-4-11-10(5-8)12(19)17-13(16-11)18-7-9(6-15-18)23-14(20)21/h3-7H,2H2,1H3,(H,20,21)(H,16,17,19). The van der Waals surface area contributed by atoms with Crippen LogP contribution in [0.2, 0.25) is 0 Å². The van der Waals surface area contributed by atoms with Gasteiger partial charge in [-0.25, -0.2) is 14.5 Å². The summed E-state index contributed by atoms with van der Waals surface area (Å²) in [6.07, 6.45) is 1.05. The van der Waals surface area contributed by atoms with E-state index < -0.39 is 6.16 Å². The molecule has 9 heteroatoms. The van der Waals surface area contributed by atoms with Crippen LogP contribution in [0.4, 0.5) is 4.79 Å². The molecule has 2 aromatic heterocycles. The minimum atomic E-state index is -1.45. The van der Waals surface area contributed by atoms with Crippen molar-refractivity contribution in [2.75, 3.05) is 6.61 Å². The number of H-pyrrole nitrogens is 1. The summed E-state index contributed by atoms with van der Waals surface area (Å²) >= 11 is 0. The van der Waals surface area contributed by atoms with E-state index in [0.717, 1.165) is 0 Å². The van der Waals surface area contributed by atoms with Gasteiger partial charge in [-0.15, -0.1) is 0 Å². The zero-order chi connectivity index (χ0) is 16.4. The number of fused-ring (bicyclic) bond motifs is 1. The maximum Gasteiger partial charge on any atom is 0.511 e. The summed E-state index contributed by atoms with van der Waals surface area (Å²) in [6, 6.07) is 4.98. The van der Waals surface area contributed by atoms with Crippen LogP contribution in [0.3, 0.4) is 0 Å². The Bertz CT molecular complexity index is 930. The fourth-order valence-corrected chi connectivity index (χ4v) is 2.05. The summed E-state index contributed by atoms with van der Waals surface area (Å²) in [7, 11) is 0. The van der Waals surface area contributed by atoms with Crippen molar-refractivity contribution in [3.8, 4) is 17.4 Å². The van der Waals surface area contributed by atoms with Gasteiger partial charge >= 0.3 is 6.16 Å². The summed E-state index contributed by atoms with van der Waals surface area (Å²) in [4.78, 5) is 29.5. The average molecular weight is 316 g/mol. The van der Waals surface area contributed by atoms with Crippen molar-refractivity contribution in [1.29, 1.82) is 0 Å². The van der Waals surface area contributed by atoms with Gasteiger partial charge in [-0.2, -0.15) is 5.10 Å². The molecule has 23 heavy (non-hydrogen) atoms. The Morgan fingerprint density at radius 1 is 1.39 bits per heavy atom.